The molecule has 2 N–H and O–H groups in total. The number of carbonyl (C=O) groups is 3. The van der Waals surface area contributed by atoms with Crippen molar-refractivity contribution in [1.29, 1.82) is 0 Å². The van der Waals surface area contributed by atoms with Gasteiger partial charge < -0.3 is 24.6 Å². The fourth-order valence-corrected chi connectivity index (χ4v) is 12.4. The number of carbonyl (C=O) groups excluding carboxylic acids is 2. The molecule has 1 aromatic carbocycles. The maximum absolute atomic E-state index is 14.3. The van der Waals surface area contributed by atoms with Crippen LogP contribution >= 0.6 is 0 Å². The molecule has 0 amide bonds. The van der Waals surface area contributed by atoms with Gasteiger partial charge >= 0.3 is 18.3 Å². The van der Waals surface area contributed by atoms with E-state index in [0.717, 1.165) is 75.5 Å². The number of aliphatic carboxylic acids is 1. The van der Waals surface area contributed by atoms with E-state index in [4.69, 9.17) is 4.74 Å². The van der Waals surface area contributed by atoms with Gasteiger partial charge in [-0.05, 0) is 137 Å². The van der Waals surface area contributed by atoms with Crippen molar-refractivity contribution in [2.75, 3.05) is 33.7 Å². The second-order valence-corrected chi connectivity index (χ2v) is 21.9. The molecule has 62 heavy (non-hydrogen) atoms. The lowest BCUT2D eigenvalue weighted by Gasteiger charge is -2.67. The van der Waals surface area contributed by atoms with Crippen molar-refractivity contribution in [1.82, 2.24) is 9.80 Å². The first kappa shape index (κ1) is 50.0. The molecule has 3 fully saturated rings. The fraction of sp³-hybridized carbons (Fsp3) is 0.780. The molecule has 0 saturated heterocycles. The van der Waals surface area contributed by atoms with Gasteiger partial charge in [0, 0.05) is 43.4 Å². The van der Waals surface area contributed by atoms with Gasteiger partial charge in [0.25, 0.3) is 0 Å². The topological polar surface area (TPSA) is 117 Å². The predicted octanol–water partition coefficient (Wildman–Crippen LogP) is 10.5. The Bertz CT molecular complexity index is 1790. The monoisotopic (exact) mass is 875 g/mol. The fourth-order valence-electron chi connectivity index (χ4n) is 12.4. The molecule has 4 aliphatic carbocycles. The van der Waals surface area contributed by atoms with E-state index < -0.39 is 35.2 Å². The SMILES string of the molecule is CCCC[C@H](OC(=O)CC(C)(C)C(=O)O)C(C)(C)[C@@H]1CC[C@]2(C)[C@H](CC[C@@H]3C4=C(C(C)C)C(=O)C[C@]4([C@@H](O)CN(CCN(C)C)Cc4ccc(OC(F)(F)F)cc4)CC[C@]32C)C1. The Hall–Kier alpha value is -2.96. The molecular weight excluding hydrogens is 798 g/mol. The van der Waals surface area contributed by atoms with Crippen LogP contribution in [-0.2, 0) is 25.7 Å². The number of hydrogen-bond acceptors (Lipinski definition) is 8. The smallest absolute Gasteiger partial charge is 0.481 e. The van der Waals surface area contributed by atoms with Crippen LogP contribution in [0, 0.1) is 50.7 Å². The van der Waals surface area contributed by atoms with Crippen molar-refractivity contribution in [3.8, 4) is 5.75 Å². The van der Waals surface area contributed by atoms with E-state index in [-0.39, 0.29) is 52.1 Å². The minimum Gasteiger partial charge on any atom is -0.481 e. The average Bonchev–Trinajstić information content (AvgIpc) is 3.48. The lowest BCUT2D eigenvalue weighted by Crippen LogP contribution is -2.60. The molecule has 5 rings (SSSR count). The maximum atomic E-state index is 14.3. The van der Waals surface area contributed by atoms with E-state index in [1.807, 2.05) is 14.1 Å². The number of alkyl halides is 3. The van der Waals surface area contributed by atoms with Gasteiger partial charge in [0.2, 0.25) is 0 Å². The molecule has 4 aliphatic rings. The Kier molecular flexibility index (Phi) is 15.2. The van der Waals surface area contributed by atoms with Crippen LogP contribution in [-0.4, -0.2) is 90.0 Å². The number of carboxylic acid groups (broad SMARTS) is 1. The van der Waals surface area contributed by atoms with Crippen molar-refractivity contribution in [2.24, 2.45) is 50.7 Å². The Morgan fingerprint density at radius 1 is 0.952 bits per heavy atom. The van der Waals surface area contributed by atoms with Crippen LogP contribution in [0.2, 0.25) is 0 Å². The summed E-state index contributed by atoms with van der Waals surface area (Å²) >= 11 is 0. The maximum Gasteiger partial charge on any atom is 0.573 e. The summed E-state index contributed by atoms with van der Waals surface area (Å²) < 4.78 is 49.0. The minimum absolute atomic E-state index is 0.0127. The van der Waals surface area contributed by atoms with Crippen LogP contribution in [0.4, 0.5) is 13.2 Å². The van der Waals surface area contributed by atoms with E-state index in [1.165, 1.54) is 17.7 Å². The van der Waals surface area contributed by atoms with Gasteiger partial charge in [-0.3, -0.25) is 19.3 Å². The van der Waals surface area contributed by atoms with Crippen LogP contribution < -0.4 is 4.74 Å². The van der Waals surface area contributed by atoms with E-state index in [1.54, 1.807) is 26.0 Å². The molecule has 0 radical (unpaired) electrons. The van der Waals surface area contributed by atoms with Crippen LogP contribution in [0.5, 0.6) is 5.75 Å². The Morgan fingerprint density at radius 2 is 1.61 bits per heavy atom. The van der Waals surface area contributed by atoms with Crippen molar-refractivity contribution in [3.63, 3.8) is 0 Å². The molecule has 0 bridgehead atoms. The van der Waals surface area contributed by atoms with Crippen molar-refractivity contribution in [2.45, 2.75) is 164 Å². The number of unbranched alkanes of at least 4 members (excludes halogenated alkanes) is 1. The second kappa shape index (κ2) is 18.9. The highest BCUT2D eigenvalue weighted by atomic mass is 19.4. The number of nitrogens with zero attached hydrogens (tertiary/aromatic N) is 2. The van der Waals surface area contributed by atoms with Gasteiger partial charge in [0.05, 0.1) is 17.9 Å². The zero-order chi connectivity index (χ0) is 46.2. The standard InChI is InChI=1S/C50H77F3N2O7/c1-12-13-14-40(61-41(58)29-45(4,5)44(59)60)46(6,7)34-21-22-47(8)35(27-34)17-20-37-43-42(32(2)3)38(56)28-49(43,24-23-48(37,47)9)39(57)31-55(26-25-54(10)11)30-33-15-18-36(19-16-33)62-50(51,52)53/h15-16,18-19,32,34-35,37,39-40,57H,12-14,17,20-31H2,1-11H3,(H,59,60)/t34-,35-,37-,39+,40+,47-,48-,49+/m1/s1. The summed E-state index contributed by atoms with van der Waals surface area (Å²) in [5.41, 5.74) is 0.584. The molecule has 0 heterocycles. The number of benzene rings is 1. The molecule has 0 spiro atoms. The van der Waals surface area contributed by atoms with E-state index >= 15 is 0 Å². The summed E-state index contributed by atoms with van der Waals surface area (Å²) in [6.45, 7) is 21.0. The second-order valence-electron chi connectivity index (χ2n) is 21.9. The summed E-state index contributed by atoms with van der Waals surface area (Å²) in [5, 5.41) is 22.3. The number of hydrogen-bond donors (Lipinski definition) is 2. The normalized spacial score (nSPS) is 29.1. The number of likely N-dealkylation sites (N-methyl/N-ethyl adjacent to an activating group) is 1. The number of ketones is 1. The number of rotatable bonds is 19. The lowest BCUT2D eigenvalue weighted by molar-refractivity contribution is -0.274. The molecule has 350 valence electrons. The van der Waals surface area contributed by atoms with Crippen molar-refractivity contribution < 1.29 is 47.2 Å². The number of esters is 1. The molecule has 0 aliphatic heterocycles. The third-order valence-electron chi connectivity index (χ3n) is 16.6. The number of Topliss-reactive ketones (excluding diaryl/α,β-unsaturated/α-hetero) is 1. The Labute approximate surface area is 369 Å². The molecule has 3 saturated carbocycles. The zero-order valence-electron chi connectivity index (χ0n) is 39.6. The highest BCUT2D eigenvalue weighted by Crippen LogP contribution is 2.73. The molecule has 1 aromatic rings. The molecule has 0 aromatic heterocycles. The Balaban J connectivity index is 1.40. The lowest BCUT2D eigenvalue weighted by atomic mass is 9.38. The highest BCUT2D eigenvalue weighted by molar-refractivity contribution is 6.00. The summed E-state index contributed by atoms with van der Waals surface area (Å²) in [6.07, 6.45) is 3.39. The number of fused-ring (bicyclic) bond motifs is 5. The first-order chi connectivity index (χ1) is 28.7. The van der Waals surface area contributed by atoms with Gasteiger partial charge in [-0.15, -0.1) is 13.2 Å². The molecule has 8 atom stereocenters. The molecule has 12 heteroatoms. The summed E-state index contributed by atoms with van der Waals surface area (Å²) in [6, 6.07) is 5.92. The number of ether oxygens (including phenoxy) is 2. The van der Waals surface area contributed by atoms with Crippen LogP contribution in [0.25, 0.3) is 0 Å². The van der Waals surface area contributed by atoms with Gasteiger partial charge in [-0.25, -0.2) is 0 Å². The molecule has 9 nitrogen and oxygen atoms in total. The summed E-state index contributed by atoms with van der Waals surface area (Å²) in [5.74, 6) is -0.694. The number of aliphatic hydroxyl groups excluding tert-OH is 1. The van der Waals surface area contributed by atoms with E-state index in [0.29, 0.717) is 44.3 Å². The highest BCUT2D eigenvalue weighted by Gasteiger charge is 2.66. The summed E-state index contributed by atoms with van der Waals surface area (Å²) in [4.78, 5) is 43.7. The third kappa shape index (κ3) is 10.3. The summed E-state index contributed by atoms with van der Waals surface area (Å²) in [7, 11) is 3.97. The van der Waals surface area contributed by atoms with Gasteiger partial charge in [0.15, 0.2) is 5.78 Å². The molecular formula is C50H77F3N2O7. The number of allylic oxidation sites excluding steroid dienone is 1. The first-order valence-electron chi connectivity index (χ1n) is 23.3. The molecule has 0 unspecified atom stereocenters. The van der Waals surface area contributed by atoms with Gasteiger partial charge in [-0.1, -0.05) is 79.0 Å². The Morgan fingerprint density at radius 3 is 2.19 bits per heavy atom. The van der Waals surface area contributed by atoms with Crippen molar-refractivity contribution >= 4 is 17.7 Å². The van der Waals surface area contributed by atoms with Crippen LogP contribution in [0.3, 0.4) is 0 Å². The number of halogens is 3. The van der Waals surface area contributed by atoms with Gasteiger partial charge in [0.1, 0.15) is 11.9 Å². The van der Waals surface area contributed by atoms with E-state index in [9.17, 15) is 37.8 Å². The van der Waals surface area contributed by atoms with Crippen LogP contribution in [0.15, 0.2) is 35.4 Å². The number of aliphatic hydroxyl groups is 1. The third-order valence-corrected chi connectivity index (χ3v) is 16.6. The van der Waals surface area contributed by atoms with E-state index in [2.05, 4.69) is 63.0 Å². The number of carboxylic acids is 1. The van der Waals surface area contributed by atoms with Gasteiger partial charge in [-0.2, -0.15) is 0 Å². The zero-order valence-corrected chi connectivity index (χ0v) is 39.6. The van der Waals surface area contributed by atoms with Crippen molar-refractivity contribution in [3.05, 3.63) is 41.0 Å². The quantitative estimate of drug-likeness (QED) is 0.131. The largest absolute Gasteiger partial charge is 0.573 e. The first-order valence-corrected chi connectivity index (χ1v) is 23.3. The van der Waals surface area contributed by atoms with Crippen LogP contribution in [0.1, 0.15) is 145 Å². The predicted molar refractivity (Wildman–Crippen MR) is 235 cm³/mol. The minimum atomic E-state index is -4.77. The average molecular weight is 875 g/mol.